The van der Waals surface area contributed by atoms with Crippen LogP contribution in [0.3, 0.4) is 0 Å². The molecule has 2 rings (SSSR count). The summed E-state index contributed by atoms with van der Waals surface area (Å²) in [6, 6.07) is 4.82. The van der Waals surface area contributed by atoms with E-state index >= 15 is 0 Å². The molecule has 140 valence electrons. The highest BCUT2D eigenvalue weighted by Gasteiger charge is 2.30. The molecule has 0 aliphatic heterocycles. The molecule has 1 aromatic heterocycles. The maximum atomic E-state index is 12.2. The molecule has 26 heavy (non-hydrogen) atoms. The first-order chi connectivity index (χ1) is 12.1. The Kier molecular flexibility index (Phi) is 5.65. The number of rotatable bonds is 7. The normalized spacial score (nSPS) is 11.7. The van der Waals surface area contributed by atoms with Crippen molar-refractivity contribution in [3.8, 4) is 5.75 Å². The molecule has 3 N–H and O–H groups in total. The van der Waals surface area contributed by atoms with Gasteiger partial charge in [0.15, 0.2) is 5.82 Å². The highest BCUT2D eigenvalue weighted by atomic mass is 32.2. The standard InChI is InChI=1S/C14H14F3N5O3S/c1-2-26(23,24)22-13-11(7-18)12(19-8-20-13)21-9-3-5-10(6-4-9)25-14(15,16)17/h3-8,18H,2H2,1H3,(H2,19,20,21,22). The molecule has 12 heteroatoms. The van der Waals surface area contributed by atoms with Crippen molar-refractivity contribution in [2.75, 3.05) is 15.8 Å². The minimum absolute atomic E-state index is 0.0696. The van der Waals surface area contributed by atoms with Crippen LogP contribution in [0.4, 0.5) is 30.5 Å². The Labute approximate surface area is 147 Å². The largest absolute Gasteiger partial charge is 0.573 e. The number of nitrogens with zero attached hydrogens (tertiary/aromatic N) is 2. The Hall–Kier alpha value is -2.89. The van der Waals surface area contributed by atoms with Crippen LogP contribution in [-0.2, 0) is 10.0 Å². The molecule has 0 saturated carbocycles. The van der Waals surface area contributed by atoms with Gasteiger partial charge in [-0.1, -0.05) is 0 Å². The van der Waals surface area contributed by atoms with E-state index in [0.717, 1.165) is 24.7 Å². The molecule has 0 atom stereocenters. The lowest BCUT2D eigenvalue weighted by atomic mass is 10.2. The smallest absolute Gasteiger partial charge is 0.406 e. The second kappa shape index (κ2) is 7.56. The molecule has 0 saturated heterocycles. The second-order valence-electron chi connectivity index (χ2n) is 4.83. The highest BCUT2D eigenvalue weighted by molar-refractivity contribution is 7.92. The van der Waals surface area contributed by atoms with Crippen LogP contribution in [0.2, 0.25) is 0 Å². The average molecular weight is 389 g/mol. The third kappa shape index (κ3) is 5.31. The lowest BCUT2D eigenvalue weighted by Gasteiger charge is -2.13. The summed E-state index contributed by atoms with van der Waals surface area (Å²) in [5.41, 5.74) is 0.422. The fourth-order valence-corrected chi connectivity index (χ4v) is 2.41. The van der Waals surface area contributed by atoms with Gasteiger partial charge in [-0.2, -0.15) is 0 Å². The summed E-state index contributed by atoms with van der Waals surface area (Å²) in [5, 5.41) is 10.2. The Bertz CT molecular complexity index is 886. The van der Waals surface area contributed by atoms with Crippen LogP contribution in [0.5, 0.6) is 5.75 Å². The van der Waals surface area contributed by atoms with Crippen molar-refractivity contribution < 1.29 is 26.3 Å². The van der Waals surface area contributed by atoms with Crippen molar-refractivity contribution in [3.05, 3.63) is 36.2 Å². The van der Waals surface area contributed by atoms with Crippen molar-refractivity contribution in [2.45, 2.75) is 13.3 Å². The lowest BCUT2D eigenvalue weighted by Crippen LogP contribution is -2.18. The van der Waals surface area contributed by atoms with Crippen molar-refractivity contribution in [1.82, 2.24) is 9.97 Å². The minimum atomic E-state index is -4.79. The van der Waals surface area contributed by atoms with E-state index in [1.807, 2.05) is 0 Å². The first kappa shape index (κ1) is 19.4. The summed E-state index contributed by atoms with van der Waals surface area (Å²) in [6.45, 7) is 1.44. The molecule has 0 amide bonds. The summed E-state index contributed by atoms with van der Waals surface area (Å²) in [4.78, 5) is 7.73. The SMILES string of the molecule is CCS(=O)(=O)Nc1ncnc(Nc2ccc(OC(F)(F)F)cc2)c1C=N. The van der Waals surface area contributed by atoms with Gasteiger partial charge in [-0.15, -0.1) is 13.2 Å². The first-order valence-corrected chi connectivity index (χ1v) is 8.77. The van der Waals surface area contributed by atoms with E-state index in [4.69, 9.17) is 5.41 Å². The molecule has 1 aromatic carbocycles. The molecule has 2 aromatic rings. The predicted octanol–water partition coefficient (Wildman–Crippen LogP) is 2.88. The number of aromatic nitrogens is 2. The summed E-state index contributed by atoms with van der Waals surface area (Å²) in [7, 11) is -3.61. The fourth-order valence-electron chi connectivity index (χ4n) is 1.81. The Balaban J connectivity index is 2.25. The van der Waals surface area contributed by atoms with Gasteiger partial charge in [-0.05, 0) is 31.2 Å². The number of ether oxygens (including phenoxy) is 1. The fraction of sp³-hybridized carbons (Fsp3) is 0.214. The number of benzene rings is 1. The molecule has 0 fully saturated rings. The van der Waals surface area contributed by atoms with Crippen LogP contribution < -0.4 is 14.8 Å². The zero-order valence-corrected chi connectivity index (χ0v) is 14.1. The Morgan fingerprint density at radius 3 is 2.35 bits per heavy atom. The zero-order valence-electron chi connectivity index (χ0n) is 13.3. The summed E-state index contributed by atoms with van der Waals surface area (Å²) in [5.74, 6) is -0.559. The van der Waals surface area contributed by atoms with Gasteiger partial charge < -0.3 is 15.5 Å². The monoisotopic (exact) mass is 389 g/mol. The van der Waals surface area contributed by atoms with Crippen molar-refractivity contribution in [1.29, 1.82) is 5.41 Å². The number of hydrogen-bond acceptors (Lipinski definition) is 7. The van der Waals surface area contributed by atoms with Gasteiger partial charge in [0.1, 0.15) is 17.9 Å². The third-order valence-corrected chi connectivity index (χ3v) is 4.28. The van der Waals surface area contributed by atoms with Crippen LogP contribution in [0.25, 0.3) is 0 Å². The number of anilines is 3. The zero-order chi connectivity index (χ0) is 19.4. The maximum Gasteiger partial charge on any atom is 0.573 e. The Morgan fingerprint density at radius 2 is 1.81 bits per heavy atom. The van der Waals surface area contributed by atoms with Gasteiger partial charge in [0, 0.05) is 11.9 Å². The molecule has 0 aliphatic rings. The highest BCUT2D eigenvalue weighted by Crippen LogP contribution is 2.26. The van der Waals surface area contributed by atoms with E-state index in [1.54, 1.807) is 0 Å². The van der Waals surface area contributed by atoms with Crippen LogP contribution in [0, 0.1) is 5.41 Å². The number of alkyl halides is 3. The number of sulfonamides is 1. The quantitative estimate of drug-likeness (QED) is 0.627. The van der Waals surface area contributed by atoms with Gasteiger partial charge in [-0.3, -0.25) is 4.72 Å². The molecule has 0 bridgehead atoms. The number of nitrogens with one attached hydrogen (secondary N) is 3. The van der Waals surface area contributed by atoms with Crippen LogP contribution in [0.1, 0.15) is 12.5 Å². The molecular weight excluding hydrogens is 375 g/mol. The summed E-state index contributed by atoms with van der Waals surface area (Å²) in [6.07, 6.45) is -2.85. The first-order valence-electron chi connectivity index (χ1n) is 7.12. The third-order valence-electron chi connectivity index (χ3n) is 3.01. The predicted molar refractivity (Wildman–Crippen MR) is 89.4 cm³/mol. The van der Waals surface area contributed by atoms with Gasteiger partial charge in [0.25, 0.3) is 0 Å². The van der Waals surface area contributed by atoms with Crippen LogP contribution in [0.15, 0.2) is 30.6 Å². The maximum absolute atomic E-state index is 12.2. The summed E-state index contributed by atoms with van der Waals surface area (Å²) < 4.78 is 65.9. The number of halogens is 3. The lowest BCUT2D eigenvalue weighted by molar-refractivity contribution is -0.274. The molecule has 0 radical (unpaired) electrons. The van der Waals surface area contributed by atoms with E-state index in [2.05, 4.69) is 24.7 Å². The van der Waals surface area contributed by atoms with Gasteiger partial charge in [-0.25, -0.2) is 18.4 Å². The average Bonchev–Trinajstić information content (AvgIpc) is 2.55. The van der Waals surface area contributed by atoms with Crippen molar-refractivity contribution in [3.63, 3.8) is 0 Å². The van der Waals surface area contributed by atoms with E-state index < -0.39 is 22.1 Å². The van der Waals surface area contributed by atoms with Gasteiger partial charge >= 0.3 is 6.36 Å². The van der Waals surface area contributed by atoms with Crippen LogP contribution >= 0.6 is 0 Å². The molecule has 0 spiro atoms. The Morgan fingerprint density at radius 1 is 1.19 bits per heavy atom. The molecule has 0 aliphatic carbocycles. The van der Waals surface area contributed by atoms with Gasteiger partial charge in [0.2, 0.25) is 10.0 Å². The van der Waals surface area contributed by atoms with E-state index in [1.165, 1.54) is 19.1 Å². The minimum Gasteiger partial charge on any atom is -0.406 e. The van der Waals surface area contributed by atoms with E-state index in [9.17, 15) is 21.6 Å². The molecule has 0 unspecified atom stereocenters. The van der Waals surface area contributed by atoms with Crippen molar-refractivity contribution >= 4 is 33.6 Å². The molecular formula is C14H14F3N5O3S. The molecule has 8 nitrogen and oxygen atoms in total. The summed E-state index contributed by atoms with van der Waals surface area (Å²) >= 11 is 0. The van der Waals surface area contributed by atoms with Crippen molar-refractivity contribution in [2.24, 2.45) is 0 Å². The van der Waals surface area contributed by atoms with Gasteiger partial charge in [0.05, 0.1) is 11.3 Å². The second-order valence-corrected chi connectivity index (χ2v) is 6.84. The van der Waals surface area contributed by atoms with Crippen LogP contribution in [-0.4, -0.2) is 36.7 Å². The molecule has 1 heterocycles. The number of hydrogen-bond donors (Lipinski definition) is 3. The topological polar surface area (TPSA) is 117 Å². The van der Waals surface area contributed by atoms with E-state index in [0.29, 0.717) is 5.69 Å². The van der Waals surface area contributed by atoms with E-state index in [-0.39, 0.29) is 23.0 Å².